The van der Waals surface area contributed by atoms with Crippen LogP contribution in [-0.4, -0.2) is 30.9 Å². The summed E-state index contributed by atoms with van der Waals surface area (Å²) in [5.41, 5.74) is 7.61. The first-order chi connectivity index (χ1) is 13.6. The number of amides is 3. The first-order valence-corrected chi connectivity index (χ1v) is 9.24. The molecule has 0 fully saturated rings. The number of carbonyl (C=O) groups is 3. The Hall–Kier alpha value is -3.35. The molecule has 0 atom stereocenters. The quantitative estimate of drug-likeness (QED) is 0.747. The number of nitrogens with one attached hydrogen (secondary N) is 2. The third-order valence-electron chi connectivity index (χ3n) is 4.52. The number of nitrogens with zero attached hydrogens (tertiary/aromatic N) is 1. The number of para-hydroxylation sites is 2. The summed E-state index contributed by atoms with van der Waals surface area (Å²) in [4.78, 5) is 37.5. The molecule has 0 bridgehead atoms. The van der Waals surface area contributed by atoms with Crippen molar-refractivity contribution in [2.24, 2.45) is 0 Å². The van der Waals surface area contributed by atoms with Gasteiger partial charge in [0.2, 0.25) is 5.91 Å². The van der Waals surface area contributed by atoms with Crippen LogP contribution in [0.2, 0.25) is 0 Å². The normalized spacial score (nSPS) is 12.8. The third-order valence-corrected chi connectivity index (χ3v) is 4.52. The lowest BCUT2D eigenvalue weighted by Gasteiger charge is -2.28. The maximum atomic E-state index is 12.2. The highest BCUT2D eigenvalue weighted by atomic mass is 16.5. The largest absolute Gasteiger partial charge is 0.482 e. The van der Waals surface area contributed by atoms with Crippen LogP contribution in [0.25, 0.3) is 0 Å². The maximum absolute atomic E-state index is 12.2. The van der Waals surface area contributed by atoms with Gasteiger partial charge in [-0.25, -0.2) is 0 Å². The first kappa shape index (κ1) is 19.4. The fourth-order valence-electron chi connectivity index (χ4n) is 2.91. The van der Waals surface area contributed by atoms with E-state index in [9.17, 15) is 14.4 Å². The van der Waals surface area contributed by atoms with Gasteiger partial charge in [-0.05, 0) is 36.1 Å². The highest BCUT2D eigenvalue weighted by Crippen LogP contribution is 2.31. The lowest BCUT2D eigenvalue weighted by atomic mass is 10.1. The molecule has 0 saturated carbocycles. The maximum Gasteiger partial charge on any atom is 0.265 e. The van der Waals surface area contributed by atoms with Crippen LogP contribution in [-0.2, 0) is 27.2 Å². The molecule has 0 radical (unpaired) electrons. The van der Waals surface area contributed by atoms with Crippen molar-refractivity contribution in [2.75, 3.05) is 18.1 Å². The van der Waals surface area contributed by atoms with Crippen LogP contribution < -0.4 is 20.5 Å². The van der Waals surface area contributed by atoms with Gasteiger partial charge in [-0.1, -0.05) is 43.3 Å². The summed E-state index contributed by atoms with van der Waals surface area (Å²) in [6.07, 6.45) is 1.81. The third kappa shape index (κ3) is 4.88. The Morgan fingerprint density at radius 1 is 1.00 bits per heavy atom. The van der Waals surface area contributed by atoms with Gasteiger partial charge in [0.05, 0.1) is 5.69 Å². The Balaban J connectivity index is 1.46. The molecule has 7 nitrogen and oxygen atoms in total. The molecule has 1 heterocycles. The standard InChI is InChI=1S/C21H23N3O4/c1-2-15-7-9-16(10-8-15)11-12-19(25)22-23-20(26)13-24-17-5-3-4-6-18(17)28-14-21(24)27/h3-10H,2,11-14H2,1H3,(H,22,25)(H,23,26). The van der Waals surface area contributed by atoms with Crippen LogP contribution in [0.5, 0.6) is 5.75 Å². The molecule has 0 aliphatic carbocycles. The summed E-state index contributed by atoms with van der Waals surface area (Å²) in [5, 5.41) is 0. The Kier molecular flexibility index (Phi) is 6.26. The summed E-state index contributed by atoms with van der Waals surface area (Å²) in [6, 6.07) is 15.1. The van der Waals surface area contributed by atoms with Gasteiger partial charge in [-0.2, -0.15) is 0 Å². The van der Waals surface area contributed by atoms with E-state index in [1.807, 2.05) is 24.3 Å². The van der Waals surface area contributed by atoms with Crippen LogP contribution >= 0.6 is 0 Å². The van der Waals surface area contributed by atoms with Gasteiger partial charge < -0.3 is 4.74 Å². The first-order valence-electron chi connectivity index (χ1n) is 9.24. The number of carbonyl (C=O) groups excluding carboxylic acids is 3. The molecule has 3 rings (SSSR count). The van der Waals surface area contributed by atoms with Crippen LogP contribution in [0.3, 0.4) is 0 Å². The molecule has 3 amide bonds. The number of benzene rings is 2. The van der Waals surface area contributed by atoms with Gasteiger partial charge >= 0.3 is 0 Å². The molecule has 2 aromatic rings. The number of fused-ring (bicyclic) bond motifs is 1. The van der Waals surface area contributed by atoms with Gasteiger partial charge in [-0.3, -0.25) is 30.1 Å². The van der Waals surface area contributed by atoms with Crippen molar-refractivity contribution >= 4 is 23.4 Å². The molecule has 0 spiro atoms. The van der Waals surface area contributed by atoms with E-state index in [0.29, 0.717) is 17.9 Å². The molecular formula is C21H23N3O4. The zero-order valence-electron chi connectivity index (χ0n) is 15.7. The molecule has 2 N–H and O–H groups in total. The Bertz CT molecular complexity index is 864. The summed E-state index contributed by atoms with van der Waals surface area (Å²) in [6.45, 7) is 1.78. The minimum atomic E-state index is -0.481. The lowest BCUT2D eigenvalue weighted by molar-refractivity contribution is -0.129. The number of hydrogen-bond donors (Lipinski definition) is 2. The van der Waals surface area contributed by atoms with Gasteiger partial charge in [0.15, 0.2) is 6.61 Å². The van der Waals surface area contributed by atoms with Crippen LogP contribution in [0, 0.1) is 0 Å². The number of rotatable bonds is 6. The second kappa shape index (κ2) is 9.03. The second-order valence-electron chi connectivity index (χ2n) is 6.50. The number of ether oxygens (including phenoxy) is 1. The Morgan fingerprint density at radius 3 is 2.43 bits per heavy atom. The van der Waals surface area contributed by atoms with E-state index >= 15 is 0 Å². The molecule has 0 aromatic heterocycles. The summed E-state index contributed by atoms with van der Waals surface area (Å²) in [7, 11) is 0. The molecule has 0 saturated heterocycles. The fourth-order valence-corrected chi connectivity index (χ4v) is 2.91. The van der Waals surface area contributed by atoms with E-state index in [4.69, 9.17) is 4.74 Å². The van der Waals surface area contributed by atoms with Crippen molar-refractivity contribution in [3.05, 3.63) is 59.7 Å². The topological polar surface area (TPSA) is 87.7 Å². The Morgan fingerprint density at radius 2 is 1.68 bits per heavy atom. The molecule has 1 aliphatic heterocycles. The monoisotopic (exact) mass is 381 g/mol. The minimum absolute atomic E-state index is 0.118. The zero-order chi connectivity index (χ0) is 19.9. The highest BCUT2D eigenvalue weighted by molar-refractivity contribution is 6.02. The van der Waals surface area contributed by atoms with Crippen LogP contribution in [0.1, 0.15) is 24.5 Å². The Labute approximate surface area is 163 Å². The summed E-state index contributed by atoms with van der Waals surface area (Å²) in [5.74, 6) is -0.531. The van der Waals surface area contributed by atoms with Crippen molar-refractivity contribution in [1.29, 1.82) is 0 Å². The summed E-state index contributed by atoms with van der Waals surface area (Å²) >= 11 is 0. The van der Waals surface area contributed by atoms with E-state index in [2.05, 4.69) is 17.8 Å². The van der Waals surface area contributed by atoms with Gasteiger partial charge in [-0.15, -0.1) is 0 Å². The predicted molar refractivity (Wildman–Crippen MR) is 105 cm³/mol. The molecule has 2 aromatic carbocycles. The van der Waals surface area contributed by atoms with Crippen LogP contribution in [0.15, 0.2) is 48.5 Å². The van der Waals surface area contributed by atoms with Crippen molar-refractivity contribution in [3.63, 3.8) is 0 Å². The molecule has 28 heavy (non-hydrogen) atoms. The SMILES string of the molecule is CCc1ccc(CCC(=O)NNC(=O)CN2C(=O)COc3ccccc32)cc1. The van der Waals surface area contributed by atoms with Crippen molar-refractivity contribution in [3.8, 4) is 5.75 Å². The van der Waals surface area contributed by atoms with E-state index in [1.165, 1.54) is 10.5 Å². The minimum Gasteiger partial charge on any atom is -0.482 e. The molecule has 7 heteroatoms. The second-order valence-corrected chi connectivity index (χ2v) is 6.50. The van der Waals surface area contributed by atoms with Crippen molar-refractivity contribution in [2.45, 2.75) is 26.2 Å². The fraction of sp³-hybridized carbons (Fsp3) is 0.286. The van der Waals surface area contributed by atoms with Crippen LogP contribution in [0.4, 0.5) is 5.69 Å². The van der Waals surface area contributed by atoms with Crippen molar-refractivity contribution in [1.82, 2.24) is 10.9 Å². The molecule has 0 unspecified atom stereocenters. The molecule has 1 aliphatic rings. The molecular weight excluding hydrogens is 358 g/mol. The number of aryl methyl sites for hydroxylation is 2. The average Bonchev–Trinajstić information content (AvgIpc) is 2.73. The van der Waals surface area contributed by atoms with E-state index in [0.717, 1.165) is 12.0 Å². The van der Waals surface area contributed by atoms with E-state index < -0.39 is 5.91 Å². The van der Waals surface area contributed by atoms with Gasteiger partial charge in [0.1, 0.15) is 12.3 Å². The number of anilines is 1. The molecule has 146 valence electrons. The predicted octanol–water partition coefficient (Wildman–Crippen LogP) is 1.75. The highest BCUT2D eigenvalue weighted by Gasteiger charge is 2.26. The van der Waals surface area contributed by atoms with Crippen molar-refractivity contribution < 1.29 is 19.1 Å². The zero-order valence-corrected chi connectivity index (χ0v) is 15.7. The van der Waals surface area contributed by atoms with E-state index in [1.54, 1.807) is 24.3 Å². The average molecular weight is 381 g/mol. The van der Waals surface area contributed by atoms with E-state index in [-0.39, 0.29) is 31.4 Å². The summed E-state index contributed by atoms with van der Waals surface area (Å²) < 4.78 is 5.34. The number of hydrazine groups is 1. The van der Waals surface area contributed by atoms with Gasteiger partial charge in [0, 0.05) is 6.42 Å². The smallest absolute Gasteiger partial charge is 0.265 e. The number of hydrogen-bond acceptors (Lipinski definition) is 4. The van der Waals surface area contributed by atoms with Gasteiger partial charge in [0.25, 0.3) is 11.8 Å². The lowest BCUT2D eigenvalue weighted by Crippen LogP contribution is -2.49.